The number of thiocarbonyl (C=S) groups is 1. The Balaban J connectivity index is 1.70. The summed E-state index contributed by atoms with van der Waals surface area (Å²) in [4.78, 5) is 29.0. The normalized spacial score (nSPS) is 16.0. The van der Waals surface area contributed by atoms with Crippen molar-refractivity contribution in [2.24, 2.45) is 0 Å². The molecule has 156 valence electrons. The van der Waals surface area contributed by atoms with Crippen LogP contribution < -0.4 is 10.1 Å². The molecule has 1 fully saturated rings. The van der Waals surface area contributed by atoms with Gasteiger partial charge in [-0.1, -0.05) is 36.4 Å². The molecule has 1 heterocycles. The van der Waals surface area contributed by atoms with Gasteiger partial charge in [-0.2, -0.15) is 0 Å². The molecule has 1 aliphatic rings. The molecule has 6 nitrogen and oxygen atoms in total. The SMILES string of the molecule is C=CCN1C(=O)C(CC(=O)Nc2ccc(OC)cc2)N(CCc2ccccc2)C1=S. The van der Waals surface area contributed by atoms with Gasteiger partial charge < -0.3 is 15.0 Å². The monoisotopic (exact) mass is 423 g/mol. The molecule has 2 amide bonds. The van der Waals surface area contributed by atoms with Crippen molar-refractivity contribution in [2.75, 3.05) is 25.5 Å². The summed E-state index contributed by atoms with van der Waals surface area (Å²) in [6.07, 6.45) is 2.39. The predicted molar refractivity (Wildman–Crippen MR) is 121 cm³/mol. The largest absolute Gasteiger partial charge is 0.497 e. The summed E-state index contributed by atoms with van der Waals surface area (Å²) in [5, 5.41) is 3.28. The highest BCUT2D eigenvalue weighted by Crippen LogP contribution is 2.22. The fraction of sp³-hybridized carbons (Fsp3) is 0.261. The van der Waals surface area contributed by atoms with Crippen LogP contribution in [-0.2, 0) is 16.0 Å². The molecule has 0 saturated carbocycles. The van der Waals surface area contributed by atoms with E-state index < -0.39 is 6.04 Å². The van der Waals surface area contributed by atoms with Gasteiger partial charge >= 0.3 is 0 Å². The quantitative estimate of drug-likeness (QED) is 0.496. The number of anilines is 1. The van der Waals surface area contributed by atoms with Gasteiger partial charge in [0.1, 0.15) is 11.8 Å². The van der Waals surface area contributed by atoms with Gasteiger partial charge in [-0.05, 0) is 48.5 Å². The number of benzene rings is 2. The first-order chi connectivity index (χ1) is 14.5. The lowest BCUT2D eigenvalue weighted by molar-refractivity contribution is -0.130. The summed E-state index contributed by atoms with van der Waals surface area (Å²) in [5.41, 5.74) is 1.80. The van der Waals surface area contributed by atoms with E-state index in [4.69, 9.17) is 17.0 Å². The van der Waals surface area contributed by atoms with E-state index in [0.717, 1.165) is 12.0 Å². The van der Waals surface area contributed by atoms with Crippen LogP contribution in [0, 0.1) is 0 Å². The van der Waals surface area contributed by atoms with E-state index in [1.807, 2.05) is 35.2 Å². The molecule has 1 atom stereocenters. The van der Waals surface area contributed by atoms with Crippen LogP contribution in [0.5, 0.6) is 5.75 Å². The van der Waals surface area contributed by atoms with Crippen LogP contribution in [0.1, 0.15) is 12.0 Å². The van der Waals surface area contributed by atoms with Gasteiger partial charge in [0.25, 0.3) is 5.91 Å². The molecule has 1 saturated heterocycles. The van der Waals surface area contributed by atoms with Crippen LogP contribution in [-0.4, -0.2) is 53.0 Å². The lowest BCUT2D eigenvalue weighted by Crippen LogP contribution is -2.39. The van der Waals surface area contributed by atoms with E-state index in [1.165, 1.54) is 4.90 Å². The number of carbonyl (C=O) groups is 2. The average molecular weight is 424 g/mol. The maximum atomic E-state index is 13.0. The van der Waals surface area contributed by atoms with Gasteiger partial charge in [-0.25, -0.2) is 0 Å². The fourth-order valence-electron chi connectivity index (χ4n) is 3.40. The molecule has 30 heavy (non-hydrogen) atoms. The summed E-state index contributed by atoms with van der Waals surface area (Å²) in [7, 11) is 1.58. The topological polar surface area (TPSA) is 61.9 Å². The van der Waals surface area contributed by atoms with E-state index in [1.54, 1.807) is 37.5 Å². The molecule has 1 aliphatic heterocycles. The number of nitrogens with one attached hydrogen (secondary N) is 1. The molecular weight excluding hydrogens is 398 g/mol. The molecule has 0 spiro atoms. The van der Waals surface area contributed by atoms with Crippen LogP contribution in [0.15, 0.2) is 67.3 Å². The lowest BCUT2D eigenvalue weighted by Gasteiger charge is -2.23. The molecule has 0 bridgehead atoms. The Morgan fingerprint density at radius 3 is 2.53 bits per heavy atom. The summed E-state index contributed by atoms with van der Waals surface area (Å²) >= 11 is 5.54. The first-order valence-electron chi connectivity index (χ1n) is 9.74. The molecule has 0 aromatic heterocycles. The number of hydrogen-bond acceptors (Lipinski definition) is 4. The Bertz CT molecular complexity index is 915. The summed E-state index contributed by atoms with van der Waals surface area (Å²) in [6.45, 7) is 4.59. The third-order valence-electron chi connectivity index (χ3n) is 4.95. The van der Waals surface area contributed by atoms with Crippen molar-refractivity contribution in [3.63, 3.8) is 0 Å². The van der Waals surface area contributed by atoms with Crippen molar-refractivity contribution >= 4 is 34.8 Å². The Morgan fingerprint density at radius 1 is 1.20 bits per heavy atom. The number of amides is 2. The van der Waals surface area contributed by atoms with Crippen LogP contribution in [0.3, 0.4) is 0 Å². The highest BCUT2D eigenvalue weighted by atomic mass is 32.1. The summed E-state index contributed by atoms with van der Waals surface area (Å²) < 4.78 is 5.13. The Hall–Kier alpha value is -3.19. The number of methoxy groups -OCH3 is 1. The Morgan fingerprint density at radius 2 is 1.90 bits per heavy atom. The van der Waals surface area contributed by atoms with Crippen LogP contribution in [0.25, 0.3) is 0 Å². The van der Waals surface area contributed by atoms with E-state index in [0.29, 0.717) is 29.6 Å². The van der Waals surface area contributed by atoms with Crippen LogP contribution >= 0.6 is 12.2 Å². The highest BCUT2D eigenvalue weighted by Gasteiger charge is 2.42. The van der Waals surface area contributed by atoms with Gasteiger partial charge in [0.2, 0.25) is 5.91 Å². The molecule has 3 rings (SSSR count). The van der Waals surface area contributed by atoms with E-state index >= 15 is 0 Å². The summed E-state index contributed by atoms with van der Waals surface area (Å²) in [6, 6.07) is 16.4. The van der Waals surface area contributed by atoms with Crippen molar-refractivity contribution in [1.29, 1.82) is 0 Å². The molecule has 0 aliphatic carbocycles. The smallest absolute Gasteiger partial charge is 0.252 e. The predicted octanol–water partition coefficient (Wildman–Crippen LogP) is 3.25. The van der Waals surface area contributed by atoms with Crippen LogP contribution in [0.4, 0.5) is 5.69 Å². The molecule has 0 radical (unpaired) electrons. The summed E-state index contributed by atoms with van der Waals surface area (Å²) in [5.74, 6) is 0.292. The van der Waals surface area contributed by atoms with Gasteiger partial charge in [-0.3, -0.25) is 14.5 Å². The first kappa shape index (κ1) is 21.5. The maximum absolute atomic E-state index is 13.0. The minimum Gasteiger partial charge on any atom is -0.497 e. The number of hydrogen-bond donors (Lipinski definition) is 1. The molecule has 1 unspecified atom stereocenters. The van der Waals surface area contributed by atoms with Crippen molar-refractivity contribution < 1.29 is 14.3 Å². The van der Waals surface area contributed by atoms with Crippen molar-refractivity contribution in [2.45, 2.75) is 18.9 Å². The lowest BCUT2D eigenvalue weighted by atomic mass is 10.1. The zero-order valence-corrected chi connectivity index (χ0v) is 17.7. The Kier molecular flexibility index (Phi) is 7.19. The second-order valence-electron chi connectivity index (χ2n) is 6.95. The zero-order chi connectivity index (χ0) is 21.5. The number of rotatable bonds is 9. The van der Waals surface area contributed by atoms with Gasteiger partial charge in [0.05, 0.1) is 13.5 Å². The second kappa shape index (κ2) is 10.0. The number of ether oxygens (including phenoxy) is 1. The maximum Gasteiger partial charge on any atom is 0.252 e. The number of nitrogens with zero attached hydrogens (tertiary/aromatic N) is 2. The van der Waals surface area contributed by atoms with E-state index in [-0.39, 0.29) is 18.2 Å². The van der Waals surface area contributed by atoms with Gasteiger partial charge in [0.15, 0.2) is 5.11 Å². The molecule has 2 aromatic carbocycles. The third-order valence-corrected chi connectivity index (χ3v) is 5.41. The standard InChI is InChI=1S/C23H25N3O3S/c1-3-14-26-22(28)20(16-21(27)24-18-9-11-19(29-2)12-10-18)25(23(26)30)15-13-17-7-5-4-6-8-17/h3-12,20H,1,13-16H2,2H3,(H,24,27). The minimum atomic E-state index is -0.626. The minimum absolute atomic E-state index is 0.0213. The fourth-order valence-corrected chi connectivity index (χ4v) is 3.78. The molecular formula is C23H25N3O3S. The molecule has 2 aromatic rings. The molecule has 7 heteroatoms. The second-order valence-corrected chi connectivity index (χ2v) is 7.31. The highest BCUT2D eigenvalue weighted by molar-refractivity contribution is 7.80. The van der Waals surface area contributed by atoms with Crippen LogP contribution in [0.2, 0.25) is 0 Å². The third kappa shape index (κ3) is 5.04. The van der Waals surface area contributed by atoms with E-state index in [9.17, 15) is 9.59 Å². The first-order valence-corrected chi connectivity index (χ1v) is 10.1. The van der Waals surface area contributed by atoms with Crippen molar-refractivity contribution in [3.8, 4) is 5.75 Å². The number of carbonyl (C=O) groups excluding carboxylic acids is 2. The zero-order valence-electron chi connectivity index (χ0n) is 16.9. The van der Waals surface area contributed by atoms with Crippen molar-refractivity contribution in [3.05, 3.63) is 72.8 Å². The Labute approximate surface area is 182 Å². The van der Waals surface area contributed by atoms with Crippen molar-refractivity contribution in [1.82, 2.24) is 9.80 Å². The molecule has 1 N–H and O–H groups in total. The van der Waals surface area contributed by atoms with Gasteiger partial charge in [0, 0.05) is 18.8 Å². The average Bonchev–Trinajstić information content (AvgIpc) is 2.97. The van der Waals surface area contributed by atoms with E-state index in [2.05, 4.69) is 11.9 Å². The van der Waals surface area contributed by atoms with Gasteiger partial charge in [-0.15, -0.1) is 6.58 Å².